The quantitative estimate of drug-likeness (QED) is 0.883. The van der Waals surface area contributed by atoms with Crippen LogP contribution in [-0.2, 0) is 0 Å². The van der Waals surface area contributed by atoms with Crippen molar-refractivity contribution in [2.45, 2.75) is 39.2 Å². The van der Waals surface area contributed by atoms with Crippen LogP contribution in [0, 0.1) is 11.8 Å². The van der Waals surface area contributed by atoms with E-state index < -0.39 is 0 Å². The van der Waals surface area contributed by atoms with Gasteiger partial charge in [-0.15, -0.1) is 0 Å². The maximum absolute atomic E-state index is 12.5. The summed E-state index contributed by atoms with van der Waals surface area (Å²) in [6.45, 7) is 4.47. The summed E-state index contributed by atoms with van der Waals surface area (Å²) < 4.78 is 0.813. The molecule has 1 amide bonds. The molecular weight excluding hydrogens is 318 g/mol. The first kappa shape index (κ1) is 15.3. The standard InChI is InChI=1S/C15H22BrN3O/c1-4-10-5-6-13(9(10)2)19-15(20)12-7-11(16)8-18-14(12)17-3/h7-10,13H,4-6H2,1-3H3,(H,17,18)(H,19,20). The Labute approximate surface area is 128 Å². The van der Waals surface area contributed by atoms with Crippen molar-refractivity contribution in [1.82, 2.24) is 10.3 Å². The molecule has 1 aromatic rings. The van der Waals surface area contributed by atoms with E-state index >= 15 is 0 Å². The van der Waals surface area contributed by atoms with Gasteiger partial charge in [0.15, 0.2) is 0 Å². The van der Waals surface area contributed by atoms with Crippen molar-refractivity contribution in [3.05, 3.63) is 22.3 Å². The number of nitrogens with one attached hydrogen (secondary N) is 2. The zero-order valence-electron chi connectivity index (χ0n) is 12.2. The lowest BCUT2D eigenvalue weighted by atomic mass is 9.93. The van der Waals surface area contributed by atoms with Gasteiger partial charge in [-0.3, -0.25) is 4.79 Å². The number of hydrogen-bond acceptors (Lipinski definition) is 3. The summed E-state index contributed by atoms with van der Waals surface area (Å²) in [6.07, 6.45) is 5.15. The van der Waals surface area contributed by atoms with Gasteiger partial charge in [0.05, 0.1) is 5.56 Å². The molecule has 0 saturated heterocycles. The molecule has 0 bridgehead atoms. The number of amides is 1. The number of halogens is 1. The predicted molar refractivity (Wildman–Crippen MR) is 84.9 cm³/mol. The van der Waals surface area contributed by atoms with E-state index in [-0.39, 0.29) is 11.9 Å². The summed E-state index contributed by atoms with van der Waals surface area (Å²) >= 11 is 3.37. The molecule has 110 valence electrons. The molecule has 3 atom stereocenters. The highest BCUT2D eigenvalue weighted by molar-refractivity contribution is 9.10. The van der Waals surface area contributed by atoms with Gasteiger partial charge in [0.25, 0.3) is 5.91 Å². The van der Waals surface area contributed by atoms with Crippen molar-refractivity contribution >= 4 is 27.7 Å². The van der Waals surface area contributed by atoms with Gasteiger partial charge in [-0.25, -0.2) is 4.98 Å². The number of pyridine rings is 1. The van der Waals surface area contributed by atoms with Gasteiger partial charge in [-0.1, -0.05) is 20.3 Å². The van der Waals surface area contributed by atoms with Crippen molar-refractivity contribution < 1.29 is 4.79 Å². The monoisotopic (exact) mass is 339 g/mol. The third-order valence-corrected chi connectivity index (χ3v) is 4.84. The van der Waals surface area contributed by atoms with E-state index in [0.717, 1.165) is 16.8 Å². The molecule has 4 nitrogen and oxygen atoms in total. The molecule has 0 aromatic carbocycles. The average Bonchev–Trinajstić information content (AvgIpc) is 2.79. The third kappa shape index (κ3) is 3.14. The van der Waals surface area contributed by atoms with E-state index in [9.17, 15) is 4.79 Å². The van der Waals surface area contributed by atoms with Crippen molar-refractivity contribution in [1.29, 1.82) is 0 Å². The van der Waals surface area contributed by atoms with Crippen LogP contribution in [0.1, 0.15) is 43.5 Å². The number of rotatable bonds is 4. The normalized spacial score (nSPS) is 25.5. The van der Waals surface area contributed by atoms with Crippen LogP contribution in [0.4, 0.5) is 5.82 Å². The van der Waals surface area contributed by atoms with Crippen molar-refractivity contribution in [2.75, 3.05) is 12.4 Å². The second-order valence-electron chi connectivity index (χ2n) is 5.48. The lowest BCUT2D eigenvalue weighted by molar-refractivity contribution is 0.0927. The van der Waals surface area contributed by atoms with Crippen LogP contribution < -0.4 is 10.6 Å². The molecule has 5 heteroatoms. The van der Waals surface area contributed by atoms with Gasteiger partial charge in [-0.2, -0.15) is 0 Å². The molecule has 1 heterocycles. The molecule has 2 N–H and O–H groups in total. The summed E-state index contributed by atoms with van der Waals surface area (Å²) in [6, 6.07) is 2.08. The van der Waals surface area contributed by atoms with E-state index in [1.807, 2.05) is 6.07 Å². The minimum absolute atomic E-state index is 0.0447. The van der Waals surface area contributed by atoms with E-state index in [4.69, 9.17) is 0 Å². The number of hydrogen-bond donors (Lipinski definition) is 2. The smallest absolute Gasteiger partial charge is 0.255 e. The molecule has 3 unspecified atom stereocenters. The van der Waals surface area contributed by atoms with E-state index in [2.05, 4.69) is 45.4 Å². The first-order valence-corrected chi connectivity index (χ1v) is 8.00. The SMILES string of the molecule is CCC1CCC(NC(=O)c2cc(Br)cnc2NC)C1C. The Morgan fingerprint density at radius 3 is 2.85 bits per heavy atom. The third-order valence-electron chi connectivity index (χ3n) is 4.40. The van der Waals surface area contributed by atoms with Crippen LogP contribution in [0.15, 0.2) is 16.7 Å². The van der Waals surface area contributed by atoms with Crippen molar-refractivity contribution in [3.8, 4) is 0 Å². The molecule has 1 aliphatic rings. The predicted octanol–water partition coefficient (Wildman–Crippen LogP) is 3.44. The van der Waals surface area contributed by atoms with Gasteiger partial charge in [-0.05, 0) is 46.7 Å². The molecule has 1 fully saturated rings. The molecule has 2 rings (SSSR count). The Kier molecular flexibility index (Phi) is 5.02. The van der Waals surface area contributed by atoms with Gasteiger partial charge in [0, 0.05) is 23.8 Å². The minimum Gasteiger partial charge on any atom is -0.372 e. The van der Waals surface area contributed by atoms with Gasteiger partial charge in [0.1, 0.15) is 5.82 Å². The van der Waals surface area contributed by atoms with E-state index in [1.54, 1.807) is 13.2 Å². The first-order chi connectivity index (χ1) is 9.56. The number of anilines is 1. The fourth-order valence-electron chi connectivity index (χ4n) is 3.09. The molecule has 1 aromatic heterocycles. The van der Waals surface area contributed by atoms with Crippen LogP contribution in [-0.4, -0.2) is 24.0 Å². The molecule has 0 radical (unpaired) electrons. The van der Waals surface area contributed by atoms with Crippen LogP contribution in [0.25, 0.3) is 0 Å². The molecule has 20 heavy (non-hydrogen) atoms. The highest BCUT2D eigenvalue weighted by atomic mass is 79.9. The first-order valence-electron chi connectivity index (χ1n) is 7.21. The molecule has 1 saturated carbocycles. The van der Waals surface area contributed by atoms with Gasteiger partial charge >= 0.3 is 0 Å². The molecule has 0 spiro atoms. The molecule has 0 aliphatic heterocycles. The zero-order valence-corrected chi connectivity index (χ0v) is 13.8. The maximum Gasteiger partial charge on any atom is 0.255 e. The maximum atomic E-state index is 12.5. The zero-order chi connectivity index (χ0) is 14.7. The summed E-state index contributed by atoms with van der Waals surface area (Å²) in [5.41, 5.74) is 0.592. The Morgan fingerprint density at radius 2 is 2.25 bits per heavy atom. The van der Waals surface area contributed by atoms with Crippen LogP contribution >= 0.6 is 15.9 Å². The van der Waals surface area contributed by atoms with Gasteiger partial charge in [0.2, 0.25) is 0 Å². The number of aromatic nitrogens is 1. The molecular formula is C15H22BrN3O. The number of carbonyl (C=O) groups excluding carboxylic acids is 1. The van der Waals surface area contributed by atoms with Crippen LogP contribution in [0.2, 0.25) is 0 Å². The Bertz CT molecular complexity index is 492. The topological polar surface area (TPSA) is 54.0 Å². The fourth-order valence-corrected chi connectivity index (χ4v) is 3.42. The van der Waals surface area contributed by atoms with Crippen molar-refractivity contribution in [3.63, 3.8) is 0 Å². The summed E-state index contributed by atoms with van der Waals surface area (Å²) in [5, 5.41) is 6.14. The highest BCUT2D eigenvalue weighted by Crippen LogP contribution is 2.34. The largest absolute Gasteiger partial charge is 0.372 e. The molecule has 1 aliphatic carbocycles. The van der Waals surface area contributed by atoms with Crippen molar-refractivity contribution in [2.24, 2.45) is 11.8 Å². The lowest BCUT2D eigenvalue weighted by Gasteiger charge is -2.21. The minimum atomic E-state index is -0.0447. The second kappa shape index (κ2) is 6.57. The number of nitrogens with zero attached hydrogens (tertiary/aromatic N) is 1. The summed E-state index contributed by atoms with van der Waals surface area (Å²) in [4.78, 5) is 16.7. The highest BCUT2D eigenvalue weighted by Gasteiger charge is 2.32. The van der Waals surface area contributed by atoms with E-state index in [1.165, 1.54) is 12.8 Å². The second-order valence-corrected chi connectivity index (χ2v) is 6.40. The Hall–Kier alpha value is -1.10. The average molecular weight is 340 g/mol. The van der Waals surface area contributed by atoms with Gasteiger partial charge < -0.3 is 10.6 Å². The lowest BCUT2D eigenvalue weighted by Crippen LogP contribution is -2.37. The number of carbonyl (C=O) groups is 1. The summed E-state index contributed by atoms with van der Waals surface area (Å²) in [7, 11) is 1.78. The Morgan fingerprint density at radius 1 is 1.50 bits per heavy atom. The van der Waals surface area contributed by atoms with Crippen LogP contribution in [0.5, 0.6) is 0 Å². The van der Waals surface area contributed by atoms with Crippen LogP contribution in [0.3, 0.4) is 0 Å². The van der Waals surface area contributed by atoms with E-state index in [0.29, 0.717) is 17.3 Å². The Balaban J connectivity index is 2.11. The summed E-state index contributed by atoms with van der Waals surface area (Å²) in [5.74, 6) is 1.84. The fraction of sp³-hybridized carbons (Fsp3) is 0.600.